The number of allylic oxidation sites excluding steroid dienone is 1. The zero-order chi connectivity index (χ0) is 12.8. The number of carboxylic acid groups (broad SMARTS) is 1. The van der Waals surface area contributed by atoms with Crippen molar-refractivity contribution < 1.29 is 14.3 Å². The molecule has 16 heavy (non-hydrogen) atoms. The normalized spacial score (nSPS) is 17.0. The first kappa shape index (κ1) is 14.6. The van der Waals surface area contributed by atoms with Crippen LogP contribution in [0.4, 0.5) is 4.39 Å². The first-order valence-corrected chi connectivity index (χ1v) is 4.89. The Morgan fingerprint density at radius 2 is 2.19 bits per heavy atom. The summed E-state index contributed by atoms with van der Waals surface area (Å²) in [5.74, 6) is -1.20. The minimum absolute atomic E-state index is 0.0154. The first-order valence-electron chi connectivity index (χ1n) is 4.89. The van der Waals surface area contributed by atoms with Crippen molar-refractivity contribution in [2.24, 2.45) is 16.5 Å². The number of nitrogens with zero attached hydrogens (tertiary/aromatic N) is 1. The predicted octanol–water partition coefficient (Wildman–Crippen LogP) is 0.799. The van der Waals surface area contributed by atoms with Crippen LogP contribution in [0, 0.1) is 0 Å². The first-order chi connectivity index (χ1) is 7.25. The van der Waals surface area contributed by atoms with E-state index >= 15 is 0 Å². The molecule has 0 aliphatic rings. The SMILES string of the molecule is CC(N)=NCC=C(F)CC[C@@](C)(N)C(=O)O. The van der Waals surface area contributed by atoms with Crippen LogP contribution in [0.1, 0.15) is 26.7 Å². The molecule has 0 aromatic carbocycles. The lowest BCUT2D eigenvalue weighted by atomic mass is 9.97. The molecule has 92 valence electrons. The minimum Gasteiger partial charge on any atom is -0.480 e. The number of aliphatic imine (C=N–C) groups is 1. The lowest BCUT2D eigenvalue weighted by Gasteiger charge is -2.17. The number of hydrogen-bond donors (Lipinski definition) is 3. The Labute approximate surface area is 94.0 Å². The van der Waals surface area contributed by atoms with E-state index in [0.717, 1.165) is 0 Å². The number of carboxylic acids is 1. The molecule has 0 radical (unpaired) electrons. The predicted molar refractivity (Wildman–Crippen MR) is 60.8 cm³/mol. The number of carbonyl (C=O) groups is 1. The highest BCUT2D eigenvalue weighted by Crippen LogP contribution is 2.15. The van der Waals surface area contributed by atoms with E-state index in [0.29, 0.717) is 5.84 Å². The van der Waals surface area contributed by atoms with Crippen molar-refractivity contribution >= 4 is 11.8 Å². The van der Waals surface area contributed by atoms with Gasteiger partial charge in [0.2, 0.25) is 0 Å². The van der Waals surface area contributed by atoms with Crippen LogP contribution in [0.25, 0.3) is 0 Å². The summed E-state index contributed by atoms with van der Waals surface area (Å²) in [6.45, 7) is 3.11. The van der Waals surface area contributed by atoms with Crippen molar-refractivity contribution in [3.63, 3.8) is 0 Å². The van der Waals surface area contributed by atoms with Gasteiger partial charge in [0.25, 0.3) is 0 Å². The average molecular weight is 231 g/mol. The van der Waals surface area contributed by atoms with E-state index < -0.39 is 17.3 Å². The van der Waals surface area contributed by atoms with Gasteiger partial charge in [-0.2, -0.15) is 0 Å². The van der Waals surface area contributed by atoms with Crippen LogP contribution in [0.2, 0.25) is 0 Å². The summed E-state index contributed by atoms with van der Waals surface area (Å²) in [7, 11) is 0. The number of nitrogens with two attached hydrogens (primary N) is 2. The Morgan fingerprint density at radius 3 is 2.62 bits per heavy atom. The molecule has 0 amide bonds. The largest absolute Gasteiger partial charge is 0.480 e. The molecule has 0 aliphatic heterocycles. The summed E-state index contributed by atoms with van der Waals surface area (Å²) in [5.41, 5.74) is 9.30. The van der Waals surface area contributed by atoms with Crippen LogP contribution < -0.4 is 11.5 Å². The number of amidine groups is 1. The fourth-order valence-corrected chi connectivity index (χ4v) is 0.877. The molecule has 0 aromatic heterocycles. The van der Waals surface area contributed by atoms with Gasteiger partial charge in [0.05, 0.1) is 18.2 Å². The van der Waals surface area contributed by atoms with Crippen LogP contribution in [-0.4, -0.2) is 29.0 Å². The smallest absolute Gasteiger partial charge is 0.323 e. The molecule has 0 aliphatic carbocycles. The molecular weight excluding hydrogens is 213 g/mol. The third kappa shape index (κ3) is 6.13. The summed E-state index contributed by atoms with van der Waals surface area (Å²) >= 11 is 0. The Morgan fingerprint density at radius 1 is 1.62 bits per heavy atom. The van der Waals surface area contributed by atoms with Crippen molar-refractivity contribution in [2.45, 2.75) is 32.2 Å². The molecule has 0 unspecified atom stereocenters. The van der Waals surface area contributed by atoms with Crippen LogP contribution in [-0.2, 0) is 4.79 Å². The van der Waals surface area contributed by atoms with Gasteiger partial charge in [-0.1, -0.05) is 0 Å². The number of rotatable bonds is 6. The van der Waals surface area contributed by atoms with E-state index in [2.05, 4.69) is 4.99 Å². The fourth-order valence-electron chi connectivity index (χ4n) is 0.877. The fraction of sp³-hybridized carbons (Fsp3) is 0.600. The van der Waals surface area contributed by atoms with Crippen molar-refractivity contribution in [2.75, 3.05) is 6.54 Å². The minimum atomic E-state index is -1.40. The lowest BCUT2D eigenvalue weighted by molar-refractivity contribution is -0.142. The molecule has 6 heteroatoms. The van der Waals surface area contributed by atoms with E-state index in [-0.39, 0.29) is 19.4 Å². The van der Waals surface area contributed by atoms with Crippen molar-refractivity contribution in [1.82, 2.24) is 0 Å². The average Bonchev–Trinajstić information content (AvgIpc) is 2.14. The number of hydrogen-bond acceptors (Lipinski definition) is 3. The Bertz CT molecular complexity index is 307. The van der Waals surface area contributed by atoms with Gasteiger partial charge in [-0.05, 0) is 26.3 Å². The second-order valence-electron chi connectivity index (χ2n) is 3.86. The van der Waals surface area contributed by atoms with Gasteiger partial charge in [-0.3, -0.25) is 9.79 Å². The monoisotopic (exact) mass is 231 g/mol. The molecule has 0 bridgehead atoms. The number of halogens is 1. The van der Waals surface area contributed by atoms with Gasteiger partial charge in [0, 0.05) is 6.42 Å². The zero-order valence-corrected chi connectivity index (χ0v) is 9.53. The Balaban J connectivity index is 4.12. The van der Waals surface area contributed by atoms with Gasteiger partial charge < -0.3 is 16.6 Å². The molecule has 0 heterocycles. The van der Waals surface area contributed by atoms with Gasteiger partial charge in [0.15, 0.2) is 0 Å². The molecule has 5 nitrogen and oxygen atoms in total. The van der Waals surface area contributed by atoms with Crippen molar-refractivity contribution in [1.29, 1.82) is 0 Å². The number of aliphatic carboxylic acids is 1. The van der Waals surface area contributed by atoms with Gasteiger partial charge >= 0.3 is 5.97 Å². The Kier molecular flexibility index (Phi) is 5.66. The highest BCUT2D eigenvalue weighted by Gasteiger charge is 2.27. The molecule has 1 atom stereocenters. The molecular formula is C10H18FN3O2. The maximum atomic E-state index is 13.1. The van der Waals surface area contributed by atoms with Crippen LogP contribution in [0.5, 0.6) is 0 Å². The van der Waals surface area contributed by atoms with E-state index in [4.69, 9.17) is 16.6 Å². The standard InChI is InChI=1S/C10H18FN3O2/c1-7(12)14-6-4-8(11)3-5-10(2,13)9(15)16/h4H,3,5-6,13H2,1-2H3,(H2,12,14)(H,15,16)/t10-/m1/s1. The third-order valence-electron chi connectivity index (χ3n) is 2.03. The second-order valence-corrected chi connectivity index (χ2v) is 3.86. The van der Waals surface area contributed by atoms with Crippen LogP contribution in [0.15, 0.2) is 16.9 Å². The van der Waals surface area contributed by atoms with E-state index in [1.54, 1.807) is 6.92 Å². The van der Waals surface area contributed by atoms with Gasteiger partial charge in [0.1, 0.15) is 5.54 Å². The van der Waals surface area contributed by atoms with E-state index in [1.165, 1.54) is 13.0 Å². The second kappa shape index (κ2) is 6.22. The van der Waals surface area contributed by atoms with E-state index in [9.17, 15) is 9.18 Å². The van der Waals surface area contributed by atoms with Crippen LogP contribution in [0.3, 0.4) is 0 Å². The third-order valence-corrected chi connectivity index (χ3v) is 2.03. The van der Waals surface area contributed by atoms with Gasteiger partial charge in [-0.25, -0.2) is 4.39 Å². The topological polar surface area (TPSA) is 102 Å². The highest BCUT2D eigenvalue weighted by atomic mass is 19.1. The molecule has 0 saturated carbocycles. The molecule has 0 fully saturated rings. The quantitative estimate of drug-likeness (QED) is 0.464. The summed E-state index contributed by atoms with van der Waals surface area (Å²) in [6, 6.07) is 0. The lowest BCUT2D eigenvalue weighted by Crippen LogP contribution is -2.44. The maximum absolute atomic E-state index is 13.1. The summed E-state index contributed by atoms with van der Waals surface area (Å²) in [5, 5.41) is 8.70. The molecule has 0 aromatic rings. The van der Waals surface area contributed by atoms with Crippen molar-refractivity contribution in [3.8, 4) is 0 Å². The molecule has 0 saturated heterocycles. The van der Waals surface area contributed by atoms with Gasteiger partial charge in [-0.15, -0.1) is 0 Å². The highest BCUT2D eigenvalue weighted by molar-refractivity contribution is 5.78. The summed E-state index contributed by atoms with van der Waals surface area (Å²) in [4.78, 5) is 14.4. The Hall–Kier alpha value is -1.43. The maximum Gasteiger partial charge on any atom is 0.323 e. The van der Waals surface area contributed by atoms with E-state index in [1.807, 2.05) is 0 Å². The molecule has 0 rings (SSSR count). The molecule has 5 N–H and O–H groups in total. The van der Waals surface area contributed by atoms with Crippen LogP contribution >= 0.6 is 0 Å². The van der Waals surface area contributed by atoms with Crippen molar-refractivity contribution in [3.05, 3.63) is 11.9 Å². The summed E-state index contributed by atoms with van der Waals surface area (Å²) < 4.78 is 13.1. The molecule has 0 spiro atoms. The zero-order valence-electron chi connectivity index (χ0n) is 9.53. The summed E-state index contributed by atoms with van der Waals surface area (Å²) in [6.07, 6.45) is 1.28.